The molecule has 0 fully saturated rings. The standard InChI is InChI=1S/C25H24N2O3S/c26-20-4-1-3-19(16-20)15-18-7-11-24(12-8-18)31(28,29)25-13-9-22(10-14-25)30-23-6-2-5-21(27)17-23/h1-11,13-14,16-17,24H,12,15,26-27H2. The molecule has 158 valence electrons. The number of hydrogen-bond donors (Lipinski definition) is 2. The largest absolute Gasteiger partial charge is 0.457 e. The van der Waals surface area contributed by atoms with Crippen LogP contribution in [0.1, 0.15) is 12.0 Å². The van der Waals surface area contributed by atoms with Crippen LogP contribution >= 0.6 is 0 Å². The van der Waals surface area contributed by atoms with E-state index in [1.165, 1.54) is 0 Å². The monoisotopic (exact) mass is 432 g/mol. The van der Waals surface area contributed by atoms with Gasteiger partial charge in [0.05, 0.1) is 10.1 Å². The number of anilines is 2. The normalized spacial score (nSPS) is 16.0. The molecule has 6 heteroatoms. The molecule has 4 N–H and O–H groups in total. The van der Waals surface area contributed by atoms with Crippen molar-refractivity contribution in [1.82, 2.24) is 0 Å². The fraction of sp³-hybridized carbons (Fsp3) is 0.120. The van der Waals surface area contributed by atoms with Crippen LogP contribution in [0.15, 0.2) is 101 Å². The van der Waals surface area contributed by atoms with Gasteiger partial charge in [-0.25, -0.2) is 8.42 Å². The third-order valence-electron chi connectivity index (χ3n) is 5.14. The lowest BCUT2D eigenvalue weighted by Gasteiger charge is -2.17. The minimum atomic E-state index is -3.49. The predicted molar refractivity (Wildman–Crippen MR) is 125 cm³/mol. The van der Waals surface area contributed by atoms with E-state index in [-0.39, 0.29) is 4.90 Å². The first-order chi connectivity index (χ1) is 14.9. The van der Waals surface area contributed by atoms with Crippen LogP contribution in [0.2, 0.25) is 0 Å². The number of benzene rings is 3. The van der Waals surface area contributed by atoms with E-state index in [0.29, 0.717) is 23.6 Å². The molecule has 31 heavy (non-hydrogen) atoms. The molecule has 0 bridgehead atoms. The van der Waals surface area contributed by atoms with Gasteiger partial charge in [0.15, 0.2) is 9.84 Å². The van der Waals surface area contributed by atoms with Crippen LogP contribution in [0, 0.1) is 0 Å². The summed E-state index contributed by atoms with van der Waals surface area (Å²) in [6.07, 6.45) is 6.82. The fourth-order valence-corrected chi connectivity index (χ4v) is 5.03. The molecule has 1 aliphatic rings. The Balaban J connectivity index is 1.43. The highest BCUT2D eigenvalue weighted by molar-refractivity contribution is 7.92. The number of rotatable bonds is 6. The molecule has 0 saturated carbocycles. The summed E-state index contributed by atoms with van der Waals surface area (Å²) >= 11 is 0. The molecule has 1 unspecified atom stereocenters. The van der Waals surface area contributed by atoms with Crippen molar-refractivity contribution in [3.8, 4) is 11.5 Å². The Kier molecular flexibility index (Phi) is 5.82. The lowest BCUT2D eigenvalue weighted by molar-refractivity contribution is 0.482. The third kappa shape index (κ3) is 4.98. The summed E-state index contributed by atoms with van der Waals surface area (Å²) < 4.78 is 31.9. The Morgan fingerprint density at radius 1 is 0.871 bits per heavy atom. The first-order valence-corrected chi connectivity index (χ1v) is 11.5. The summed E-state index contributed by atoms with van der Waals surface area (Å²) in [5.41, 5.74) is 15.1. The molecule has 0 aliphatic heterocycles. The minimum Gasteiger partial charge on any atom is -0.457 e. The number of allylic oxidation sites excluding steroid dienone is 3. The predicted octanol–water partition coefficient (Wildman–Crippen LogP) is 4.91. The Morgan fingerprint density at radius 3 is 2.23 bits per heavy atom. The van der Waals surface area contributed by atoms with E-state index in [1.807, 2.05) is 36.4 Å². The molecule has 0 aromatic heterocycles. The Hall–Kier alpha value is -3.51. The maximum absolute atomic E-state index is 13.1. The SMILES string of the molecule is Nc1cccc(CC2=CCC(S(=O)(=O)c3ccc(Oc4cccc(N)c4)cc3)C=C2)c1. The van der Waals surface area contributed by atoms with Crippen molar-refractivity contribution < 1.29 is 13.2 Å². The van der Waals surface area contributed by atoms with Crippen molar-refractivity contribution in [3.05, 3.63) is 102 Å². The second kappa shape index (κ2) is 8.70. The lowest BCUT2D eigenvalue weighted by atomic mass is 9.99. The van der Waals surface area contributed by atoms with E-state index in [9.17, 15) is 8.42 Å². The van der Waals surface area contributed by atoms with Crippen LogP contribution < -0.4 is 16.2 Å². The molecule has 4 rings (SSSR count). The molecule has 1 aliphatic carbocycles. The second-order valence-electron chi connectivity index (χ2n) is 7.53. The first-order valence-electron chi connectivity index (χ1n) is 9.99. The maximum Gasteiger partial charge on any atom is 0.185 e. The molecular formula is C25H24N2O3S. The van der Waals surface area contributed by atoms with Crippen LogP contribution in [0.25, 0.3) is 0 Å². The van der Waals surface area contributed by atoms with Crippen molar-refractivity contribution in [2.24, 2.45) is 0 Å². The van der Waals surface area contributed by atoms with Gasteiger partial charge < -0.3 is 16.2 Å². The van der Waals surface area contributed by atoms with Crippen LogP contribution in [0.5, 0.6) is 11.5 Å². The summed E-state index contributed by atoms with van der Waals surface area (Å²) in [4.78, 5) is 0.273. The van der Waals surface area contributed by atoms with Gasteiger partial charge in [-0.2, -0.15) is 0 Å². The van der Waals surface area contributed by atoms with Gasteiger partial charge in [-0.15, -0.1) is 0 Å². The van der Waals surface area contributed by atoms with Crippen LogP contribution in [0.3, 0.4) is 0 Å². The van der Waals surface area contributed by atoms with Gasteiger partial charge in [0.1, 0.15) is 11.5 Å². The quantitative estimate of drug-likeness (QED) is 0.539. The van der Waals surface area contributed by atoms with Crippen molar-refractivity contribution in [3.63, 3.8) is 0 Å². The van der Waals surface area contributed by atoms with Gasteiger partial charge >= 0.3 is 0 Å². The van der Waals surface area contributed by atoms with E-state index in [4.69, 9.17) is 16.2 Å². The second-order valence-corrected chi connectivity index (χ2v) is 9.69. The summed E-state index contributed by atoms with van der Waals surface area (Å²) in [5.74, 6) is 1.15. The highest BCUT2D eigenvalue weighted by atomic mass is 32.2. The van der Waals surface area contributed by atoms with Gasteiger partial charge in [-0.1, -0.05) is 36.4 Å². The zero-order valence-electron chi connectivity index (χ0n) is 16.9. The molecule has 5 nitrogen and oxygen atoms in total. The number of hydrogen-bond acceptors (Lipinski definition) is 5. The average molecular weight is 433 g/mol. The van der Waals surface area contributed by atoms with E-state index in [2.05, 4.69) is 0 Å². The Morgan fingerprint density at radius 2 is 1.58 bits per heavy atom. The third-order valence-corrected chi connectivity index (χ3v) is 7.22. The van der Waals surface area contributed by atoms with Crippen molar-refractivity contribution in [2.75, 3.05) is 11.5 Å². The van der Waals surface area contributed by atoms with Crippen molar-refractivity contribution in [2.45, 2.75) is 23.0 Å². The van der Waals surface area contributed by atoms with Crippen LogP contribution in [-0.4, -0.2) is 13.7 Å². The molecule has 3 aromatic carbocycles. The summed E-state index contributed by atoms with van der Waals surface area (Å²) in [5, 5.41) is -0.585. The first kappa shape index (κ1) is 20.8. The lowest BCUT2D eigenvalue weighted by Crippen LogP contribution is -2.20. The zero-order chi connectivity index (χ0) is 21.8. The van der Waals surface area contributed by atoms with Gasteiger partial charge in [-0.05, 0) is 72.5 Å². The highest BCUT2D eigenvalue weighted by Gasteiger charge is 2.26. The Bertz CT molecular complexity index is 1250. The van der Waals surface area contributed by atoms with Crippen molar-refractivity contribution >= 4 is 21.2 Å². The summed E-state index contributed by atoms with van der Waals surface area (Å²) in [7, 11) is -3.49. The fourth-order valence-electron chi connectivity index (χ4n) is 3.53. The maximum atomic E-state index is 13.1. The van der Waals surface area contributed by atoms with E-state index in [0.717, 1.165) is 23.2 Å². The van der Waals surface area contributed by atoms with Gasteiger partial charge in [0.25, 0.3) is 0 Å². The number of nitrogen functional groups attached to an aromatic ring is 2. The molecule has 0 spiro atoms. The van der Waals surface area contributed by atoms with Gasteiger partial charge in [-0.3, -0.25) is 0 Å². The highest BCUT2D eigenvalue weighted by Crippen LogP contribution is 2.28. The number of ether oxygens (including phenoxy) is 1. The minimum absolute atomic E-state index is 0.273. The zero-order valence-corrected chi connectivity index (χ0v) is 17.8. The number of nitrogens with two attached hydrogens (primary N) is 2. The van der Waals surface area contributed by atoms with Crippen LogP contribution in [-0.2, 0) is 16.3 Å². The topological polar surface area (TPSA) is 95.4 Å². The Labute approximate surface area is 182 Å². The molecule has 0 heterocycles. The van der Waals surface area contributed by atoms with Crippen molar-refractivity contribution in [1.29, 1.82) is 0 Å². The smallest absolute Gasteiger partial charge is 0.185 e. The van der Waals surface area contributed by atoms with Crippen LogP contribution in [0.4, 0.5) is 11.4 Å². The molecule has 0 amide bonds. The summed E-state index contributed by atoms with van der Waals surface area (Å²) in [6.45, 7) is 0. The van der Waals surface area contributed by atoms with E-state index < -0.39 is 15.1 Å². The molecular weight excluding hydrogens is 408 g/mol. The molecule has 0 radical (unpaired) electrons. The van der Waals surface area contributed by atoms with E-state index in [1.54, 1.807) is 54.6 Å². The number of sulfone groups is 1. The molecule has 0 saturated heterocycles. The van der Waals surface area contributed by atoms with Gasteiger partial charge in [0.2, 0.25) is 0 Å². The molecule has 1 atom stereocenters. The van der Waals surface area contributed by atoms with Gasteiger partial charge in [0, 0.05) is 17.4 Å². The molecule has 3 aromatic rings. The average Bonchev–Trinajstić information content (AvgIpc) is 2.75. The summed E-state index contributed by atoms with van der Waals surface area (Å²) in [6, 6.07) is 21.3. The van der Waals surface area contributed by atoms with E-state index >= 15 is 0 Å².